The molecule has 2 bridgehead atoms. The van der Waals surface area contributed by atoms with Gasteiger partial charge in [0.2, 0.25) is 5.88 Å². The summed E-state index contributed by atoms with van der Waals surface area (Å²) in [6.07, 6.45) is -1.52. The first-order valence-corrected chi connectivity index (χ1v) is 12.0. The molecule has 3 aromatic rings. The Morgan fingerprint density at radius 2 is 2.11 bits per heavy atom. The summed E-state index contributed by atoms with van der Waals surface area (Å²) in [5.41, 5.74) is 1.70. The monoisotopic (exact) mass is 531 g/mol. The van der Waals surface area contributed by atoms with Gasteiger partial charge in [0.25, 0.3) is 6.43 Å². The number of benzene rings is 1. The molecule has 1 saturated heterocycles. The third-order valence-corrected chi connectivity index (χ3v) is 6.57. The molecule has 2 aliphatic heterocycles. The smallest absolute Gasteiger partial charge is 0.327 e. The van der Waals surface area contributed by atoms with Crippen LogP contribution in [0.25, 0.3) is 11.3 Å². The number of urea groups is 1. The second-order valence-electron chi connectivity index (χ2n) is 8.81. The number of hydrogen-bond acceptors (Lipinski definition) is 7. The van der Waals surface area contributed by atoms with Gasteiger partial charge >= 0.3 is 6.03 Å². The fourth-order valence-corrected chi connectivity index (χ4v) is 4.75. The van der Waals surface area contributed by atoms with E-state index in [4.69, 9.17) is 26.4 Å². The van der Waals surface area contributed by atoms with Crippen molar-refractivity contribution in [2.24, 2.45) is 0 Å². The summed E-state index contributed by atoms with van der Waals surface area (Å²) in [6.45, 7) is 0.732. The molecule has 194 valence electrons. The topological polar surface area (TPSA) is 111 Å². The zero-order valence-electron chi connectivity index (χ0n) is 19.5. The number of amides is 2. The van der Waals surface area contributed by atoms with Crippen molar-refractivity contribution in [3.05, 3.63) is 59.2 Å². The summed E-state index contributed by atoms with van der Waals surface area (Å²) in [5.74, 6) is 0.562. The molecular weight excluding hydrogens is 508 g/mol. The maximum atomic E-state index is 13.5. The number of halogens is 3. The van der Waals surface area contributed by atoms with Crippen molar-refractivity contribution in [2.45, 2.75) is 25.0 Å². The Hall–Kier alpha value is -3.54. The van der Waals surface area contributed by atoms with Gasteiger partial charge in [0, 0.05) is 42.2 Å². The average Bonchev–Trinajstić information content (AvgIpc) is 3.32. The van der Waals surface area contributed by atoms with Gasteiger partial charge in [-0.25, -0.2) is 23.5 Å². The molecule has 3 N–H and O–H groups in total. The second-order valence-corrected chi connectivity index (χ2v) is 9.21. The lowest BCUT2D eigenvalue weighted by Crippen LogP contribution is -2.48. The number of fused-ring (bicyclic) bond motifs is 4. The van der Waals surface area contributed by atoms with Crippen LogP contribution in [0.5, 0.6) is 5.88 Å². The van der Waals surface area contributed by atoms with Crippen LogP contribution >= 0.6 is 11.6 Å². The number of aliphatic hydroxyl groups excluding tert-OH is 2. The molecule has 37 heavy (non-hydrogen) atoms. The summed E-state index contributed by atoms with van der Waals surface area (Å²) in [5, 5.41) is 21.6. The molecule has 0 unspecified atom stereocenters. The van der Waals surface area contributed by atoms with E-state index in [2.05, 4.69) is 15.2 Å². The minimum atomic E-state index is -2.64. The predicted octanol–water partition coefficient (Wildman–Crippen LogP) is 4.10. The highest BCUT2D eigenvalue weighted by atomic mass is 35.5. The zero-order valence-corrected chi connectivity index (χ0v) is 20.3. The molecule has 5 rings (SSSR count). The first kappa shape index (κ1) is 25.1. The van der Waals surface area contributed by atoms with Crippen molar-refractivity contribution in [2.75, 3.05) is 41.4 Å². The predicted molar refractivity (Wildman–Crippen MR) is 135 cm³/mol. The number of carbonyl (C=O) groups excluding carboxylic acids is 1. The molecule has 12 heteroatoms. The van der Waals surface area contributed by atoms with Gasteiger partial charge < -0.3 is 25.2 Å². The molecule has 1 aromatic carbocycles. The number of pyridine rings is 2. The summed E-state index contributed by atoms with van der Waals surface area (Å²) >= 11 is 6.55. The number of anilines is 3. The molecule has 4 heterocycles. The fraction of sp³-hybridized carbons (Fsp3) is 0.320. The number of aromatic nitrogens is 2. The van der Waals surface area contributed by atoms with Crippen LogP contribution < -0.4 is 19.9 Å². The van der Waals surface area contributed by atoms with E-state index >= 15 is 0 Å². The first-order valence-electron chi connectivity index (χ1n) is 11.7. The van der Waals surface area contributed by atoms with Crippen LogP contribution in [-0.4, -0.2) is 64.7 Å². The summed E-state index contributed by atoms with van der Waals surface area (Å²) < 4.78 is 32.0. The van der Waals surface area contributed by atoms with Gasteiger partial charge in [-0.05, 0) is 24.6 Å². The Bertz CT molecular complexity index is 1310. The number of nitrogens with zero attached hydrogens (tertiary/aromatic N) is 4. The second kappa shape index (κ2) is 10.4. The van der Waals surface area contributed by atoms with Gasteiger partial charge in [-0.15, -0.1) is 0 Å². The van der Waals surface area contributed by atoms with E-state index in [9.17, 15) is 18.7 Å². The Labute approximate surface area is 216 Å². The van der Waals surface area contributed by atoms with E-state index in [0.717, 1.165) is 13.0 Å². The molecule has 0 saturated carbocycles. The average molecular weight is 532 g/mol. The maximum Gasteiger partial charge on any atom is 0.327 e. The Kier molecular flexibility index (Phi) is 7.09. The quantitative estimate of drug-likeness (QED) is 0.421. The third-order valence-electron chi connectivity index (χ3n) is 6.29. The van der Waals surface area contributed by atoms with Gasteiger partial charge in [-0.1, -0.05) is 29.8 Å². The van der Waals surface area contributed by atoms with Crippen molar-refractivity contribution in [1.82, 2.24) is 9.97 Å². The number of carbonyl (C=O) groups is 1. The molecule has 1 fully saturated rings. The minimum absolute atomic E-state index is 0.140. The lowest BCUT2D eigenvalue weighted by molar-refractivity contribution is 0.0521. The summed E-state index contributed by atoms with van der Waals surface area (Å²) in [4.78, 5) is 25.9. The number of nitrogens with one attached hydrogen (secondary N) is 1. The van der Waals surface area contributed by atoms with E-state index in [0.29, 0.717) is 40.0 Å². The van der Waals surface area contributed by atoms with Crippen LogP contribution in [-0.2, 0) is 0 Å². The highest BCUT2D eigenvalue weighted by molar-refractivity contribution is 6.33. The summed E-state index contributed by atoms with van der Waals surface area (Å²) in [6, 6.07) is 10.1. The third kappa shape index (κ3) is 5.15. The van der Waals surface area contributed by atoms with Crippen LogP contribution in [0.1, 0.15) is 18.4 Å². The molecule has 2 aromatic heterocycles. The number of rotatable bonds is 7. The largest absolute Gasteiger partial charge is 0.475 e. The van der Waals surface area contributed by atoms with Crippen molar-refractivity contribution in [1.29, 1.82) is 0 Å². The molecule has 0 aliphatic carbocycles. The molecule has 0 spiro atoms. The Morgan fingerprint density at radius 3 is 2.89 bits per heavy atom. The van der Waals surface area contributed by atoms with Crippen LogP contribution in [0.4, 0.5) is 30.8 Å². The van der Waals surface area contributed by atoms with Crippen molar-refractivity contribution in [3.8, 4) is 17.1 Å². The van der Waals surface area contributed by atoms with Crippen LogP contribution in [0, 0.1) is 0 Å². The van der Waals surface area contributed by atoms with Gasteiger partial charge in [0.15, 0.2) is 5.82 Å². The number of hydrogen-bond donors (Lipinski definition) is 3. The molecule has 2 aliphatic rings. The minimum Gasteiger partial charge on any atom is -0.475 e. The van der Waals surface area contributed by atoms with Crippen molar-refractivity contribution < 1.29 is 28.5 Å². The van der Waals surface area contributed by atoms with E-state index in [1.807, 2.05) is 0 Å². The SMILES string of the molecule is O=C(Nc1ccnc(OC[C@@H](O)CO)c1)N1c2nc(-c3cccc(C(F)F)c3)c(Cl)cc2N2CC[C@H]1C2. The van der Waals surface area contributed by atoms with Crippen LogP contribution in [0.3, 0.4) is 0 Å². The molecule has 2 amide bonds. The van der Waals surface area contributed by atoms with E-state index in [1.54, 1.807) is 23.1 Å². The lowest BCUT2D eigenvalue weighted by atomic mass is 10.1. The molecule has 9 nitrogen and oxygen atoms in total. The summed E-state index contributed by atoms with van der Waals surface area (Å²) in [7, 11) is 0. The number of aliphatic hydroxyl groups is 2. The number of ether oxygens (including phenoxy) is 1. The highest BCUT2D eigenvalue weighted by Gasteiger charge is 2.41. The first-order chi connectivity index (χ1) is 17.8. The lowest BCUT2D eigenvalue weighted by Gasteiger charge is -2.36. The Morgan fingerprint density at radius 1 is 1.27 bits per heavy atom. The molecule has 2 atom stereocenters. The van der Waals surface area contributed by atoms with E-state index in [1.165, 1.54) is 30.5 Å². The van der Waals surface area contributed by atoms with E-state index in [-0.39, 0.29) is 24.1 Å². The number of alkyl halides is 2. The normalized spacial score (nSPS) is 17.1. The van der Waals surface area contributed by atoms with E-state index < -0.39 is 25.2 Å². The fourth-order valence-electron chi connectivity index (χ4n) is 4.49. The van der Waals surface area contributed by atoms with Crippen molar-refractivity contribution >= 4 is 34.8 Å². The van der Waals surface area contributed by atoms with Gasteiger partial charge in [0.05, 0.1) is 29.1 Å². The van der Waals surface area contributed by atoms with Gasteiger partial charge in [0.1, 0.15) is 12.7 Å². The Balaban J connectivity index is 1.45. The molecular formula is C25H24ClF2N5O4. The maximum absolute atomic E-state index is 13.5. The standard InChI is InChI=1S/C25H24ClF2N5O4/c26-19-10-20-24(31-22(19)14-2-1-3-15(8-14)23(27)28)33(17-5-7-32(20)11-17)25(36)30-16-4-6-29-21(9-16)37-13-18(35)12-34/h1-4,6,8-10,17-18,23,34-35H,5,7,11-13H2,(H,29,30,36)/t17-,18-/m0/s1. The van der Waals surface area contributed by atoms with Crippen molar-refractivity contribution in [3.63, 3.8) is 0 Å². The highest BCUT2D eigenvalue weighted by Crippen LogP contribution is 2.43. The van der Waals surface area contributed by atoms with Gasteiger partial charge in [-0.2, -0.15) is 0 Å². The zero-order chi connectivity index (χ0) is 26.1. The van der Waals surface area contributed by atoms with Gasteiger partial charge in [-0.3, -0.25) is 4.90 Å². The molecule has 0 radical (unpaired) electrons. The van der Waals surface area contributed by atoms with Crippen LogP contribution in [0.2, 0.25) is 5.02 Å². The van der Waals surface area contributed by atoms with Crippen LogP contribution in [0.15, 0.2) is 48.7 Å².